The largest absolute Gasteiger partial charge is 0.0958 e. The van der Waals surface area contributed by atoms with Crippen LogP contribution in [0.25, 0.3) is 0 Å². The summed E-state index contributed by atoms with van der Waals surface area (Å²) in [5, 5.41) is 0. The maximum atomic E-state index is 4.39. The first-order valence-corrected chi connectivity index (χ1v) is 12.2. The first-order valence-electron chi connectivity index (χ1n) is 12.2. The molecule has 0 spiro atoms. The van der Waals surface area contributed by atoms with Crippen LogP contribution in [-0.4, -0.2) is 0 Å². The van der Waals surface area contributed by atoms with Gasteiger partial charge in [-0.15, -0.1) is 0 Å². The van der Waals surface area contributed by atoms with E-state index in [1.54, 1.807) is 0 Å². The van der Waals surface area contributed by atoms with Gasteiger partial charge in [-0.2, -0.15) is 0 Å². The summed E-state index contributed by atoms with van der Waals surface area (Å²) in [5.41, 5.74) is 5.53. The minimum Gasteiger partial charge on any atom is -0.0958 e. The van der Waals surface area contributed by atoms with Crippen LogP contribution in [-0.2, 0) is 0 Å². The molecule has 0 heterocycles. The minimum absolute atomic E-state index is 0.493. The quantitative estimate of drug-likeness (QED) is 0.222. The smallest absolute Gasteiger partial charge is 0.0196 e. The Balaban J connectivity index is 4.80. The Kier molecular flexibility index (Phi) is 14.5. The summed E-state index contributed by atoms with van der Waals surface area (Å²) in [6.45, 7) is 33.0. The highest BCUT2D eigenvalue weighted by molar-refractivity contribution is 5.51. The Morgan fingerprint density at radius 2 is 1.30 bits per heavy atom. The third kappa shape index (κ3) is 11.0. The van der Waals surface area contributed by atoms with E-state index in [1.165, 1.54) is 43.3 Å². The molecule has 0 aliphatic rings. The maximum Gasteiger partial charge on any atom is -0.0196 e. The van der Waals surface area contributed by atoms with Gasteiger partial charge in [0.1, 0.15) is 0 Å². The summed E-state index contributed by atoms with van der Waals surface area (Å²) in [5.74, 6) is 2.92. The Labute approximate surface area is 189 Å². The molecular weight excluding hydrogens is 360 g/mol. The highest BCUT2D eigenvalue weighted by Gasteiger charge is 2.16. The van der Waals surface area contributed by atoms with Crippen LogP contribution in [0.1, 0.15) is 93.4 Å². The summed E-state index contributed by atoms with van der Waals surface area (Å²) < 4.78 is 0. The summed E-state index contributed by atoms with van der Waals surface area (Å²) >= 11 is 0. The van der Waals surface area contributed by atoms with Crippen LogP contribution in [0.4, 0.5) is 0 Å². The molecule has 0 fully saturated rings. The van der Waals surface area contributed by atoms with Crippen molar-refractivity contribution in [2.24, 2.45) is 23.7 Å². The van der Waals surface area contributed by atoms with Gasteiger partial charge in [0.15, 0.2) is 0 Å². The van der Waals surface area contributed by atoms with Crippen LogP contribution in [0.5, 0.6) is 0 Å². The molecule has 0 radical (unpaired) electrons. The standard InChI is InChI=1S/C30H50/c1-12-22(4)15-17-24(6)25(7)19-20-26(8)28(10)21-30(14-3)29(11)27(9)18-16-23(5)13-2/h16,18,21-22,24-26H,5,9-15,17,19-20H2,1-4,6-8H3/b18-16-,30-21-. The van der Waals surface area contributed by atoms with Crippen LogP contribution >= 0.6 is 0 Å². The van der Waals surface area contributed by atoms with Gasteiger partial charge in [0.05, 0.1) is 0 Å². The lowest BCUT2D eigenvalue weighted by Crippen LogP contribution is -2.11. The van der Waals surface area contributed by atoms with Crippen LogP contribution in [0.3, 0.4) is 0 Å². The van der Waals surface area contributed by atoms with E-state index in [2.05, 4.69) is 80.9 Å². The SMILES string of the molecule is C=C(/C=C\C(=C)C(=C)/C(=C\C(=C)C(C)CCC(C)C(C)CCC(C)CC)CC)CC. The van der Waals surface area contributed by atoms with Gasteiger partial charge in [-0.05, 0) is 66.1 Å². The predicted octanol–water partition coefficient (Wildman–Crippen LogP) is 10.0. The molecule has 4 unspecified atom stereocenters. The van der Waals surface area contributed by atoms with Crippen LogP contribution in [0, 0.1) is 23.7 Å². The lowest BCUT2D eigenvalue weighted by molar-refractivity contribution is 0.301. The highest BCUT2D eigenvalue weighted by atomic mass is 14.2. The van der Waals surface area contributed by atoms with E-state index in [9.17, 15) is 0 Å². The van der Waals surface area contributed by atoms with Gasteiger partial charge in [-0.3, -0.25) is 0 Å². The molecule has 0 aromatic heterocycles. The fourth-order valence-corrected chi connectivity index (χ4v) is 3.43. The molecule has 0 amide bonds. The summed E-state index contributed by atoms with van der Waals surface area (Å²) in [4.78, 5) is 0. The fraction of sp³-hybridized carbons (Fsp3) is 0.600. The molecule has 0 saturated heterocycles. The summed E-state index contributed by atoms with van der Waals surface area (Å²) in [6, 6.07) is 0. The van der Waals surface area contributed by atoms with Gasteiger partial charge in [0, 0.05) is 0 Å². The zero-order valence-corrected chi connectivity index (χ0v) is 21.3. The molecule has 0 saturated carbocycles. The van der Waals surface area contributed by atoms with Crippen molar-refractivity contribution < 1.29 is 0 Å². The highest BCUT2D eigenvalue weighted by Crippen LogP contribution is 2.29. The normalized spacial score (nSPS) is 16.2. The predicted molar refractivity (Wildman–Crippen MR) is 140 cm³/mol. The van der Waals surface area contributed by atoms with E-state index in [1.807, 2.05) is 12.2 Å². The Morgan fingerprint density at radius 1 is 0.733 bits per heavy atom. The van der Waals surface area contributed by atoms with E-state index in [0.717, 1.165) is 47.3 Å². The van der Waals surface area contributed by atoms with Crippen molar-refractivity contribution in [3.8, 4) is 0 Å². The molecule has 0 aliphatic carbocycles. The van der Waals surface area contributed by atoms with E-state index < -0.39 is 0 Å². The van der Waals surface area contributed by atoms with Crippen LogP contribution in [0.15, 0.2) is 72.4 Å². The Bertz CT molecular complexity index is 624. The topological polar surface area (TPSA) is 0 Å². The second-order valence-electron chi connectivity index (χ2n) is 9.47. The maximum absolute atomic E-state index is 4.39. The zero-order chi connectivity index (χ0) is 23.3. The molecular formula is C30H50. The van der Waals surface area contributed by atoms with Gasteiger partial charge < -0.3 is 0 Å². The first-order chi connectivity index (χ1) is 14.1. The molecule has 0 nitrogen and oxygen atoms in total. The second-order valence-corrected chi connectivity index (χ2v) is 9.47. The number of hydrogen-bond donors (Lipinski definition) is 0. The summed E-state index contributed by atoms with van der Waals surface area (Å²) in [7, 11) is 0. The molecule has 0 aromatic carbocycles. The molecule has 0 aliphatic heterocycles. The van der Waals surface area contributed by atoms with Gasteiger partial charge in [0.2, 0.25) is 0 Å². The van der Waals surface area contributed by atoms with E-state index in [-0.39, 0.29) is 0 Å². The lowest BCUT2D eigenvalue weighted by Gasteiger charge is -2.23. The second kappa shape index (κ2) is 15.3. The van der Waals surface area contributed by atoms with Gasteiger partial charge in [-0.25, -0.2) is 0 Å². The van der Waals surface area contributed by atoms with Crippen LogP contribution < -0.4 is 0 Å². The first kappa shape index (κ1) is 28.4. The van der Waals surface area contributed by atoms with Crippen molar-refractivity contribution in [2.75, 3.05) is 0 Å². The minimum atomic E-state index is 0.493. The third-order valence-corrected chi connectivity index (χ3v) is 6.96. The van der Waals surface area contributed by atoms with Crippen molar-refractivity contribution in [3.63, 3.8) is 0 Å². The average molecular weight is 411 g/mol. The van der Waals surface area contributed by atoms with Crippen molar-refractivity contribution in [1.82, 2.24) is 0 Å². The molecule has 0 aromatic rings. The zero-order valence-electron chi connectivity index (χ0n) is 21.3. The molecule has 0 heteroatoms. The molecule has 0 N–H and O–H groups in total. The van der Waals surface area contributed by atoms with Crippen molar-refractivity contribution in [2.45, 2.75) is 93.4 Å². The third-order valence-electron chi connectivity index (χ3n) is 6.96. The molecule has 30 heavy (non-hydrogen) atoms. The Morgan fingerprint density at radius 3 is 1.80 bits per heavy atom. The lowest BCUT2D eigenvalue weighted by atomic mass is 9.83. The van der Waals surface area contributed by atoms with Crippen LogP contribution in [0.2, 0.25) is 0 Å². The Hall–Kier alpha value is -1.56. The average Bonchev–Trinajstić information content (AvgIpc) is 2.75. The fourth-order valence-electron chi connectivity index (χ4n) is 3.43. The van der Waals surface area contributed by atoms with Gasteiger partial charge in [0.25, 0.3) is 0 Å². The van der Waals surface area contributed by atoms with Gasteiger partial charge >= 0.3 is 0 Å². The number of hydrogen-bond acceptors (Lipinski definition) is 0. The summed E-state index contributed by atoms with van der Waals surface area (Å²) in [6.07, 6.45) is 14.7. The van der Waals surface area contributed by atoms with E-state index >= 15 is 0 Å². The molecule has 0 rings (SSSR count). The molecule has 4 atom stereocenters. The van der Waals surface area contributed by atoms with E-state index in [4.69, 9.17) is 0 Å². The van der Waals surface area contributed by atoms with E-state index in [0.29, 0.717) is 5.92 Å². The monoisotopic (exact) mass is 410 g/mol. The van der Waals surface area contributed by atoms with Crippen molar-refractivity contribution in [3.05, 3.63) is 72.4 Å². The van der Waals surface area contributed by atoms with Gasteiger partial charge in [-0.1, -0.05) is 123 Å². The number of rotatable bonds is 16. The van der Waals surface area contributed by atoms with Crippen molar-refractivity contribution >= 4 is 0 Å². The molecule has 170 valence electrons. The van der Waals surface area contributed by atoms with Crippen molar-refractivity contribution in [1.29, 1.82) is 0 Å². The molecule has 0 bridgehead atoms. The number of allylic oxidation sites excluding steroid dienone is 8.